The molecule has 3 aromatic carbocycles. The Bertz CT molecular complexity index is 757. The van der Waals surface area contributed by atoms with Crippen molar-refractivity contribution in [3.05, 3.63) is 65.7 Å². The SMILES string of the molecule is Cc1ccccc1-c1cc2ccccc2c(O)c1C. The molecular formula is C18H16O. The molecule has 0 aromatic heterocycles. The molecule has 1 nitrogen and oxygen atoms in total. The minimum atomic E-state index is 0.386. The van der Waals surface area contributed by atoms with E-state index in [0.29, 0.717) is 5.75 Å². The van der Waals surface area contributed by atoms with Gasteiger partial charge in [-0.2, -0.15) is 0 Å². The average molecular weight is 248 g/mol. The fraction of sp³-hybridized carbons (Fsp3) is 0.111. The predicted octanol–water partition coefficient (Wildman–Crippen LogP) is 4.83. The normalized spacial score (nSPS) is 10.8. The monoisotopic (exact) mass is 248 g/mol. The number of phenols is 1. The Kier molecular flexibility index (Phi) is 2.75. The third kappa shape index (κ3) is 1.88. The van der Waals surface area contributed by atoms with Gasteiger partial charge in [0.25, 0.3) is 0 Å². The van der Waals surface area contributed by atoms with Gasteiger partial charge >= 0.3 is 0 Å². The van der Waals surface area contributed by atoms with E-state index in [1.54, 1.807) is 0 Å². The smallest absolute Gasteiger partial charge is 0.126 e. The van der Waals surface area contributed by atoms with Gasteiger partial charge in [0.1, 0.15) is 5.75 Å². The van der Waals surface area contributed by atoms with Gasteiger partial charge in [-0.1, -0.05) is 48.5 Å². The highest BCUT2D eigenvalue weighted by Crippen LogP contribution is 2.37. The van der Waals surface area contributed by atoms with Crippen LogP contribution in [0.2, 0.25) is 0 Å². The van der Waals surface area contributed by atoms with E-state index < -0.39 is 0 Å². The zero-order chi connectivity index (χ0) is 13.4. The molecular weight excluding hydrogens is 232 g/mol. The first-order valence-electron chi connectivity index (χ1n) is 6.46. The second-order valence-electron chi connectivity index (χ2n) is 4.93. The number of hydrogen-bond acceptors (Lipinski definition) is 1. The van der Waals surface area contributed by atoms with Crippen molar-refractivity contribution >= 4 is 10.8 Å². The van der Waals surface area contributed by atoms with E-state index in [4.69, 9.17) is 0 Å². The highest BCUT2D eigenvalue weighted by atomic mass is 16.3. The van der Waals surface area contributed by atoms with E-state index in [0.717, 1.165) is 21.9 Å². The van der Waals surface area contributed by atoms with Crippen LogP contribution in [0.25, 0.3) is 21.9 Å². The molecule has 0 heterocycles. The molecule has 0 aliphatic carbocycles. The van der Waals surface area contributed by atoms with Crippen LogP contribution in [0.3, 0.4) is 0 Å². The van der Waals surface area contributed by atoms with Crippen LogP contribution >= 0.6 is 0 Å². The maximum absolute atomic E-state index is 10.4. The largest absolute Gasteiger partial charge is 0.507 e. The second kappa shape index (κ2) is 4.43. The molecule has 0 saturated carbocycles. The van der Waals surface area contributed by atoms with Gasteiger partial charge in [-0.05, 0) is 47.6 Å². The van der Waals surface area contributed by atoms with Crippen LogP contribution in [-0.2, 0) is 0 Å². The van der Waals surface area contributed by atoms with Crippen LogP contribution in [0.4, 0.5) is 0 Å². The lowest BCUT2D eigenvalue weighted by Gasteiger charge is -2.13. The Hall–Kier alpha value is -2.28. The molecule has 19 heavy (non-hydrogen) atoms. The van der Waals surface area contributed by atoms with Gasteiger partial charge in [-0.25, -0.2) is 0 Å². The Morgan fingerprint density at radius 2 is 1.47 bits per heavy atom. The Labute approximate surface area is 113 Å². The third-order valence-corrected chi connectivity index (χ3v) is 3.71. The average Bonchev–Trinajstić information content (AvgIpc) is 2.44. The van der Waals surface area contributed by atoms with Gasteiger partial charge in [-0.3, -0.25) is 0 Å². The highest BCUT2D eigenvalue weighted by Gasteiger charge is 2.11. The number of hydrogen-bond donors (Lipinski definition) is 1. The molecule has 0 spiro atoms. The summed E-state index contributed by atoms with van der Waals surface area (Å²) in [5.41, 5.74) is 4.45. The van der Waals surface area contributed by atoms with Crippen molar-refractivity contribution in [3.8, 4) is 16.9 Å². The second-order valence-corrected chi connectivity index (χ2v) is 4.93. The topological polar surface area (TPSA) is 20.2 Å². The summed E-state index contributed by atoms with van der Waals surface area (Å²) >= 11 is 0. The minimum absolute atomic E-state index is 0.386. The first-order chi connectivity index (χ1) is 9.18. The zero-order valence-corrected chi connectivity index (χ0v) is 11.1. The standard InChI is InChI=1S/C18H16O/c1-12-7-3-5-9-15(12)17-11-14-8-4-6-10-16(14)18(19)13(17)2/h3-11,19H,1-2H3. The molecule has 1 N–H and O–H groups in total. The summed E-state index contributed by atoms with van der Waals surface area (Å²) in [5.74, 6) is 0.386. The first kappa shape index (κ1) is 11.8. The van der Waals surface area contributed by atoms with Crippen LogP contribution in [0, 0.1) is 13.8 Å². The zero-order valence-electron chi connectivity index (χ0n) is 11.1. The maximum Gasteiger partial charge on any atom is 0.126 e. The van der Waals surface area contributed by atoms with Crippen molar-refractivity contribution in [2.24, 2.45) is 0 Å². The van der Waals surface area contributed by atoms with Crippen molar-refractivity contribution in [3.63, 3.8) is 0 Å². The van der Waals surface area contributed by atoms with Crippen molar-refractivity contribution in [1.82, 2.24) is 0 Å². The van der Waals surface area contributed by atoms with Gasteiger partial charge < -0.3 is 5.11 Å². The summed E-state index contributed by atoms with van der Waals surface area (Å²) in [6, 6.07) is 18.4. The van der Waals surface area contributed by atoms with Crippen LogP contribution in [-0.4, -0.2) is 5.11 Å². The summed E-state index contributed by atoms with van der Waals surface area (Å²) in [7, 11) is 0. The fourth-order valence-corrected chi connectivity index (χ4v) is 2.59. The van der Waals surface area contributed by atoms with E-state index in [1.165, 1.54) is 11.1 Å². The van der Waals surface area contributed by atoms with E-state index in [1.807, 2.05) is 43.3 Å². The Morgan fingerprint density at radius 3 is 2.26 bits per heavy atom. The first-order valence-corrected chi connectivity index (χ1v) is 6.46. The number of benzene rings is 3. The van der Waals surface area contributed by atoms with Crippen molar-refractivity contribution in [2.45, 2.75) is 13.8 Å². The molecule has 0 bridgehead atoms. The molecule has 0 saturated heterocycles. The lowest BCUT2D eigenvalue weighted by molar-refractivity contribution is 0.478. The number of aromatic hydroxyl groups is 1. The van der Waals surface area contributed by atoms with E-state index in [9.17, 15) is 5.11 Å². The molecule has 0 fully saturated rings. The summed E-state index contributed by atoms with van der Waals surface area (Å²) in [6.07, 6.45) is 0. The lowest BCUT2D eigenvalue weighted by Crippen LogP contribution is -1.89. The highest BCUT2D eigenvalue weighted by molar-refractivity contribution is 5.94. The molecule has 3 aromatic rings. The van der Waals surface area contributed by atoms with Crippen LogP contribution in [0.5, 0.6) is 5.75 Å². The summed E-state index contributed by atoms with van der Waals surface area (Å²) in [6.45, 7) is 4.07. The molecule has 0 amide bonds. The van der Waals surface area contributed by atoms with Gasteiger partial charge in [-0.15, -0.1) is 0 Å². The third-order valence-electron chi connectivity index (χ3n) is 3.71. The number of phenolic OH excluding ortho intramolecular Hbond substituents is 1. The van der Waals surface area contributed by atoms with Crippen molar-refractivity contribution in [2.75, 3.05) is 0 Å². The van der Waals surface area contributed by atoms with Gasteiger partial charge in [0, 0.05) is 5.39 Å². The number of aryl methyl sites for hydroxylation is 1. The molecule has 0 unspecified atom stereocenters. The minimum Gasteiger partial charge on any atom is -0.507 e. The molecule has 0 aliphatic rings. The summed E-state index contributed by atoms with van der Waals surface area (Å²) < 4.78 is 0. The van der Waals surface area contributed by atoms with Crippen LogP contribution in [0.15, 0.2) is 54.6 Å². The maximum atomic E-state index is 10.4. The lowest BCUT2D eigenvalue weighted by atomic mass is 9.93. The fourth-order valence-electron chi connectivity index (χ4n) is 2.59. The molecule has 0 aliphatic heterocycles. The quantitative estimate of drug-likeness (QED) is 0.654. The molecule has 1 heteroatoms. The van der Waals surface area contributed by atoms with Gasteiger partial charge in [0.15, 0.2) is 0 Å². The van der Waals surface area contributed by atoms with Crippen LogP contribution < -0.4 is 0 Å². The van der Waals surface area contributed by atoms with Crippen molar-refractivity contribution in [1.29, 1.82) is 0 Å². The number of fused-ring (bicyclic) bond motifs is 1. The van der Waals surface area contributed by atoms with E-state index in [-0.39, 0.29) is 0 Å². The molecule has 3 rings (SSSR count). The molecule has 0 atom stereocenters. The van der Waals surface area contributed by atoms with Gasteiger partial charge in [0.2, 0.25) is 0 Å². The molecule has 94 valence electrons. The summed E-state index contributed by atoms with van der Waals surface area (Å²) in [4.78, 5) is 0. The predicted molar refractivity (Wildman–Crippen MR) is 80.5 cm³/mol. The summed E-state index contributed by atoms with van der Waals surface area (Å²) in [5, 5.41) is 12.4. The Balaban J connectivity index is 2.37. The molecule has 0 radical (unpaired) electrons. The van der Waals surface area contributed by atoms with Gasteiger partial charge in [0.05, 0.1) is 0 Å². The van der Waals surface area contributed by atoms with Crippen LogP contribution in [0.1, 0.15) is 11.1 Å². The number of rotatable bonds is 1. The van der Waals surface area contributed by atoms with E-state index in [2.05, 4.69) is 25.1 Å². The van der Waals surface area contributed by atoms with Crippen molar-refractivity contribution < 1.29 is 5.11 Å². The Morgan fingerprint density at radius 1 is 0.789 bits per heavy atom. The van der Waals surface area contributed by atoms with E-state index >= 15 is 0 Å².